The van der Waals surface area contributed by atoms with E-state index in [-0.39, 0.29) is 5.91 Å². The number of nitrogens with two attached hydrogens (primary N) is 1. The summed E-state index contributed by atoms with van der Waals surface area (Å²) < 4.78 is 0. The van der Waals surface area contributed by atoms with Crippen molar-refractivity contribution in [1.29, 1.82) is 0 Å². The molecule has 1 amide bonds. The molecule has 0 radical (unpaired) electrons. The standard InChI is InChI=1S/C10H18N2O3/c1-3-10(11,4-2)9(15)12-5-7(6-12)8(13)14/h7H,3-6,11H2,1-2H3,(H,13,14). The maximum atomic E-state index is 11.9. The van der Waals surface area contributed by atoms with Crippen LogP contribution in [0.2, 0.25) is 0 Å². The number of carbonyl (C=O) groups is 2. The summed E-state index contributed by atoms with van der Waals surface area (Å²) in [6.07, 6.45) is 1.16. The van der Waals surface area contributed by atoms with Gasteiger partial charge >= 0.3 is 5.97 Å². The Labute approximate surface area is 89.2 Å². The van der Waals surface area contributed by atoms with Crippen molar-refractivity contribution >= 4 is 11.9 Å². The largest absolute Gasteiger partial charge is 0.481 e. The van der Waals surface area contributed by atoms with Gasteiger partial charge in [0.1, 0.15) is 0 Å². The predicted molar refractivity (Wildman–Crippen MR) is 55.2 cm³/mol. The molecular formula is C10H18N2O3. The molecule has 1 aliphatic heterocycles. The third-order valence-electron chi connectivity index (χ3n) is 3.21. The van der Waals surface area contributed by atoms with Crippen molar-refractivity contribution in [3.05, 3.63) is 0 Å². The maximum absolute atomic E-state index is 11.9. The first kappa shape index (κ1) is 12.0. The van der Waals surface area contributed by atoms with Gasteiger partial charge in [-0.25, -0.2) is 0 Å². The molecule has 0 spiro atoms. The van der Waals surface area contributed by atoms with Crippen LogP contribution in [0.1, 0.15) is 26.7 Å². The number of likely N-dealkylation sites (tertiary alicyclic amines) is 1. The molecule has 5 heteroatoms. The Hall–Kier alpha value is -1.10. The number of rotatable bonds is 4. The molecule has 0 aromatic rings. The number of hydrogen-bond donors (Lipinski definition) is 2. The molecule has 1 heterocycles. The summed E-state index contributed by atoms with van der Waals surface area (Å²) in [7, 11) is 0. The number of nitrogens with zero attached hydrogens (tertiary/aromatic N) is 1. The molecule has 0 unspecified atom stereocenters. The molecule has 15 heavy (non-hydrogen) atoms. The number of carbonyl (C=O) groups excluding carboxylic acids is 1. The first-order valence-corrected chi connectivity index (χ1v) is 5.25. The average Bonchev–Trinajstić information content (AvgIpc) is 2.13. The second kappa shape index (κ2) is 4.18. The van der Waals surface area contributed by atoms with Crippen LogP contribution >= 0.6 is 0 Å². The van der Waals surface area contributed by atoms with E-state index >= 15 is 0 Å². The van der Waals surface area contributed by atoms with E-state index in [1.54, 1.807) is 0 Å². The van der Waals surface area contributed by atoms with E-state index in [1.807, 2.05) is 13.8 Å². The van der Waals surface area contributed by atoms with Gasteiger partial charge in [-0.15, -0.1) is 0 Å². The lowest BCUT2D eigenvalue weighted by atomic mass is 9.89. The van der Waals surface area contributed by atoms with Crippen molar-refractivity contribution in [2.75, 3.05) is 13.1 Å². The van der Waals surface area contributed by atoms with Gasteiger partial charge < -0.3 is 15.7 Å². The van der Waals surface area contributed by atoms with Crippen LogP contribution in [0, 0.1) is 5.92 Å². The fraction of sp³-hybridized carbons (Fsp3) is 0.800. The highest BCUT2D eigenvalue weighted by atomic mass is 16.4. The summed E-state index contributed by atoms with van der Waals surface area (Å²) in [5.41, 5.74) is 5.12. The van der Waals surface area contributed by atoms with Crippen molar-refractivity contribution < 1.29 is 14.7 Å². The molecule has 0 aliphatic carbocycles. The summed E-state index contributed by atoms with van der Waals surface area (Å²) in [4.78, 5) is 24.0. The zero-order valence-electron chi connectivity index (χ0n) is 9.19. The van der Waals surface area contributed by atoms with Crippen molar-refractivity contribution in [2.24, 2.45) is 11.7 Å². The molecule has 0 aromatic carbocycles. The molecule has 1 rings (SSSR count). The Bertz CT molecular complexity index is 268. The zero-order chi connectivity index (χ0) is 11.6. The van der Waals surface area contributed by atoms with E-state index in [0.717, 1.165) is 0 Å². The monoisotopic (exact) mass is 214 g/mol. The van der Waals surface area contributed by atoms with Crippen LogP contribution in [0.3, 0.4) is 0 Å². The number of aliphatic carboxylic acids is 1. The van der Waals surface area contributed by atoms with Gasteiger partial charge in [-0.3, -0.25) is 9.59 Å². The van der Waals surface area contributed by atoms with Crippen molar-refractivity contribution in [1.82, 2.24) is 4.90 Å². The van der Waals surface area contributed by atoms with Gasteiger partial charge in [0, 0.05) is 13.1 Å². The molecule has 0 aromatic heterocycles. The van der Waals surface area contributed by atoms with Crippen molar-refractivity contribution in [3.63, 3.8) is 0 Å². The van der Waals surface area contributed by atoms with Crippen LogP contribution in [-0.2, 0) is 9.59 Å². The Morgan fingerprint density at radius 1 is 1.40 bits per heavy atom. The summed E-state index contributed by atoms with van der Waals surface area (Å²) in [5, 5.41) is 8.68. The van der Waals surface area contributed by atoms with Gasteiger partial charge in [-0.1, -0.05) is 13.8 Å². The third kappa shape index (κ3) is 2.12. The van der Waals surface area contributed by atoms with Crippen LogP contribution < -0.4 is 5.73 Å². The highest BCUT2D eigenvalue weighted by Crippen LogP contribution is 2.22. The van der Waals surface area contributed by atoms with Gasteiger partial charge in [0.2, 0.25) is 5.91 Å². The van der Waals surface area contributed by atoms with E-state index in [9.17, 15) is 9.59 Å². The quantitative estimate of drug-likeness (QED) is 0.692. The number of amides is 1. The molecule has 1 aliphatic rings. The van der Waals surface area contributed by atoms with Gasteiger partial charge in [0.05, 0.1) is 11.5 Å². The van der Waals surface area contributed by atoms with Gasteiger partial charge in [0.25, 0.3) is 0 Å². The van der Waals surface area contributed by atoms with Crippen molar-refractivity contribution in [2.45, 2.75) is 32.2 Å². The highest BCUT2D eigenvalue weighted by molar-refractivity contribution is 5.88. The van der Waals surface area contributed by atoms with Crippen LogP contribution in [0.5, 0.6) is 0 Å². The minimum Gasteiger partial charge on any atom is -0.481 e. The molecule has 0 atom stereocenters. The first-order chi connectivity index (χ1) is 6.94. The Kier molecular flexibility index (Phi) is 3.34. The topological polar surface area (TPSA) is 83.6 Å². The highest BCUT2D eigenvalue weighted by Gasteiger charge is 2.42. The lowest BCUT2D eigenvalue weighted by Gasteiger charge is -2.41. The van der Waals surface area contributed by atoms with E-state index < -0.39 is 17.4 Å². The molecule has 86 valence electrons. The maximum Gasteiger partial charge on any atom is 0.310 e. The minimum atomic E-state index is -0.838. The molecule has 0 saturated carbocycles. The fourth-order valence-corrected chi connectivity index (χ4v) is 1.67. The lowest BCUT2D eigenvalue weighted by Crippen LogP contribution is -2.62. The van der Waals surface area contributed by atoms with Gasteiger partial charge in [0.15, 0.2) is 0 Å². The number of hydrogen-bond acceptors (Lipinski definition) is 3. The lowest BCUT2D eigenvalue weighted by molar-refractivity contribution is -0.155. The second-order valence-corrected chi connectivity index (χ2v) is 4.11. The summed E-state index contributed by atoms with van der Waals surface area (Å²) in [6.45, 7) is 4.34. The summed E-state index contributed by atoms with van der Waals surface area (Å²) in [5.74, 6) is -1.37. The Morgan fingerprint density at radius 3 is 2.20 bits per heavy atom. The van der Waals surface area contributed by atoms with Gasteiger partial charge in [-0.05, 0) is 12.8 Å². The smallest absolute Gasteiger partial charge is 0.310 e. The Balaban J connectivity index is 2.54. The van der Waals surface area contributed by atoms with Gasteiger partial charge in [-0.2, -0.15) is 0 Å². The molecule has 0 bridgehead atoms. The molecule has 5 nitrogen and oxygen atoms in total. The minimum absolute atomic E-state index is 0.120. The van der Waals surface area contributed by atoms with Crippen molar-refractivity contribution in [3.8, 4) is 0 Å². The molecular weight excluding hydrogens is 196 g/mol. The zero-order valence-corrected chi connectivity index (χ0v) is 9.19. The summed E-state index contributed by atoms with van der Waals surface area (Å²) >= 11 is 0. The number of carboxylic acids is 1. The second-order valence-electron chi connectivity index (χ2n) is 4.11. The van der Waals surface area contributed by atoms with Crippen LogP contribution in [0.25, 0.3) is 0 Å². The Morgan fingerprint density at radius 2 is 1.87 bits per heavy atom. The summed E-state index contributed by atoms with van der Waals surface area (Å²) in [6, 6.07) is 0. The molecule has 1 fully saturated rings. The van der Waals surface area contributed by atoms with Crippen LogP contribution in [0.15, 0.2) is 0 Å². The van der Waals surface area contributed by atoms with Crippen LogP contribution in [-0.4, -0.2) is 40.5 Å². The average molecular weight is 214 g/mol. The van der Waals surface area contributed by atoms with Crippen LogP contribution in [0.4, 0.5) is 0 Å². The van der Waals surface area contributed by atoms with E-state index in [2.05, 4.69) is 0 Å². The van der Waals surface area contributed by atoms with E-state index in [0.29, 0.717) is 25.9 Å². The predicted octanol–water partition coefficient (Wildman–Crippen LogP) is 0.0469. The number of carboxylic acid groups (broad SMARTS) is 1. The third-order valence-corrected chi connectivity index (χ3v) is 3.21. The molecule has 3 N–H and O–H groups in total. The fourth-order valence-electron chi connectivity index (χ4n) is 1.67. The normalized spacial score (nSPS) is 17.4. The SMILES string of the molecule is CCC(N)(CC)C(=O)N1CC(C(=O)O)C1. The van der Waals surface area contributed by atoms with E-state index in [1.165, 1.54) is 4.90 Å². The van der Waals surface area contributed by atoms with E-state index in [4.69, 9.17) is 10.8 Å². The first-order valence-electron chi connectivity index (χ1n) is 5.25. The molecule has 1 saturated heterocycles.